The molecule has 4 N–H and O–H groups in total. The van der Waals surface area contributed by atoms with Crippen molar-refractivity contribution >= 4 is 27.5 Å². The molecule has 1 atom stereocenters. The van der Waals surface area contributed by atoms with E-state index < -0.39 is 16.1 Å². The number of aliphatic hydroxyl groups is 1. The Morgan fingerprint density at radius 1 is 1.44 bits per heavy atom. The molecular formula is C11H18N2O3S2. The van der Waals surface area contributed by atoms with Gasteiger partial charge in [0.1, 0.15) is 0 Å². The van der Waals surface area contributed by atoms with Crippen LogP contribution in [0.25, 0.3) is 0 Å². The minimum Gasteiger partial charge on any atom is -0.398 e. The van der Waals surface area contributed by atoms with Gasteiger partial charge < -0.3 is 10.8 Å². The predicted octanol–water partition coefficient (Wildman–Crippen LogP) is 0.661. The van der Waals surface area contributed by atoms with Gasteiger partial charge in [0, 0.05) is 22.9 Å². The van der Waals surface area contributed by atoms with Crippen LogP contribution in [-0.4, -0.2) is 37.7 Å². The van der Waals surface area contributed by atoms with Crippen LogP contribution in [0.4, 0.5) is 5.69 Å². The zero-order chi connectivity index (χ0) is 13.6. The molecule has 0 amide bonds. The molecule has 5 nitrogen and oxygen atoms in total. The SMILES string of the molecule is CC(O)CNS(=O)(=O)CCSc1ccccc1N. The lowest BCUT2D eigenvalue weighted by molar-refractivity contribution is 0.198. The van der Waals surface area contributed by atoms with Crippen molar-refractivity contribution in [3.05, 3.63) is 24.3 Å². The summed E-state index contributed by atoms with van der Waals surface area (Å²) in [6.07, 6.45) is -0.683. The van der Waals surface area contributed by atoms with Gasteiger partial charge in [-0.3, -0.25) is 0 Å². The van der Waals surface area contributed by atoms with Crippen LogP contribution in [-0.2, 0) is 10.0 Å². The second-order valence-corrected chi connectivity index (χ2v) is 6.97. The molecule has 0 aliphatic heterocycles. The van der Waals surface area contributed by atoms with Gasteiger partial charge in [0.2, 0.25) is 10.0 Å². The normalized spacial score (nSPS) is 13.4. The molecule has 0 aliphatic carbocycles. The second kappa shape index (κ2) is 6.98. The highest BCUT2D eigenvalue weighted by molar-refractivity contribution is 8.00. The Bertz CT molecular complexity index is 475. The largest absolute Gasteiger partial charge is 0.398 e. The van der Waals surface area contributed by atoms with Crippen molar-refractivity contribution < 1.29 is 13.5 Å². The number of anilines is 1. The molecule has 0 saturated heterocycles. The molecule has 1 aromatic carbocycles. The third-order valence-corrected chi connectivity index (χ3v) is 4.82. The Kier molecular flexibility index (Phi) is 5.94. The van der Waals surface area contributed by atoms with Crippen LogP contribution in [0.3, 0.4) is 0 Å². The van der Waals surface area contributed by atoms with Crippen LogP contribution in [0.2, 0.25) is 0 Å². The third-order valence-electron chi connectivity index (χ3n) is 2.13. The van der Waals surface area contributed by atoms with E-state index in [0.717, 1.165) is 4.90 Å². The molecule has 102 valence electrons. The molecule has 0 spiro atoms. The molecule has 0 aliphatic rings. The van der Waals surface area contributed by atoms with Crippen LogP contribution in [0.15, 0.2) is 29.2 Å². The van der Waals surface area contributed by atoms with Gasteiger partial charge in [-0.1, -0.05) is 12.1 Å². The van der Waals surface area contributed by atoms with E-state index in [1.54, 1.807) is 6.07 Å². The van der Waals surface area contributed by atoms with E-state index in [-0.39, 0.29) is 12.3 Å². The monoisotopic (exact) mass is 290 g/mol. The number of aliphatic hydroxyl groups excluding tert-OH is 1. The Morgan fingerprint density at radius 2 is 2.11 bits per heavy atom. The molecule has 1 rings (SSSR count). The van der Waals surface area contributed by atoms with Crippen molar-refractivity contribution in [2.45, 2.75) is 17.9 Å². The fraction of sp³-hybridized carbons (Fsp3) is 0.455. The Hall–Kier alpha value is -0.760. The van der Waals surface area contributed by atoms with Gasteiger partial charge in [0.25, 0.3) is 0 Å². The van der Waals surface area contributed by atoms with Gasteiger partial charge in [-0.05, 0) is 19.1 Å². The van der Waals surface area contributed by atoms with Crippen molar-refractivity contribution in [2.24, 2.45) is 0 Å². The summed E-state index contributed by atoms with van der Waals surface area (Å²) < 4.78 is 25.4. The lowest BCUT2D eigenvalue weighted by atomic mass is 10.3. The molecule has 0 heterocycles. The molecular weight excluding hydrogens is 272 g/mol. The van der Waals surface area contributed by atoms with Crippen molar-refractivity contribution in [1.29, 1.82) is 0 Å². The number of hydrogen-bond acceptors (Lipinski definition) is 5. The van der Waals surface area contributed by atoms with E-state index in [0.29, 0.717) is 11.4 Å². The highest BCUT2D eigenvalue weighted by atomic mass is 32.2. The first-order valence-electron chi connectivity index (χ1n) is 5.53. The minimum atomic E-state index is -3.33. The molecule has 0 fully saturated rings. The number of para-hydroxylation sites is 1. The maximum atomic E-state index is 11.5. The third kappa shape index (κ3) is 5.72. The Labute approximate surface area is 112 Å². The average molecular weight is 290 g/mol. The molecule has 1 aromatic rings. The zero-order valence-electron chi connectivity index (χ0n) is 10.2. The topological polar surface area (TPSA) is 92.4 Å². The number of thioether (sulfide) groups is 1. The Morgan fingerprint density at radius 3 is 2.72 bits per heavy atom. The number of benzene rings is 1. The van der Waals surface area contributed by atoms with E-state index in [1.165, 1.54) is 18.7 Å². The summed E-state index contributed by atoms with van der Waals surface area (Å²) in [5.41, 5.74) is 6.40. The van der Waals surface area contributed by atoms with E-state index in [1.807, 2.05) is 18.2 Å². The highest BCUT2D eigenvalue weighted by Gasteiger charge is 2.11. The van der Waals surface area contributed by atoms with Crippen LogP contribution in [0, 0.1) is 0 Å². The highest BCUT2D eigenvalue weighted by Crippen LogP contribution is 2.24. The molecule has 1 unspecified atom stereocenters. The number of nitrogens with two attached hydrogens (primary N) is 1. The van der Waals surface area contributed by atoms with Gasteiger partial charge in [0.05, 0.1) is 11.9 Å². The summed E-state index contributed by atoms with van der Waals surface area (Å²) in [7, 11) is -3.33. The maximum Gasteiger partial charge on any atom is 0.212 e. The quantitative estimate of drug-likeness (QED) is 0.507. The first-order valence-corrected chi connectivity index (χ1v) is 8.17. The lowest BCUT2D eigenvalue weighted by Crippen LogP contribution is -2.33. The fourth-order valence-electron chi connectivity index (χ4n) is 1.19. The fourth-order valence-corrected chi connectivity index (χ4v) is 3.67. The van der Waals surface area contributed by atoms with Gasteiger partial charge in [-0.15, -0.1) is 11.8 Å². The molecule has 0 aromatic heterocycles. The Balaban J connectivity index is 2.40. The number of nitrogen functional groups attached to an aromatic ring is 1. The number of sulfonamides is 1. The maximum absolute atomic E-state index is 11.5. The standard InChI is InChI=1S/C11H18N2O3S2/c1-9(14)8-13-18(15,16)7-6-17-11-5-3-2-4-10(11)12/h2-5,9,13-14H,6-8,12H2,1H3. The van der Waals surface area contributed by atoms with Crippen molar-refractivity contribution in [3.8, 4) is 0 Å². The predicted molar refractivity (Wildman–Crippen MR) is 75.0 cm³/mol. The summed E-state index contributed by atoms with van der Waals surface area (Å²) in [5, 5.41) is 9.01. The summed E-state index contributed by atoms with van der Waals surface area (Å²) in [6.45, 7) is 1.57. The summed E-state index contributed by atoms with van der Waals surface area (Å²) in [4.78, 5) is 0.878. The first-order chi connectivity index (χ1) is 8.41. The van der Waals surface area contributed by atoms with Gasteiger partial charge >= 0.3 is 0 Å². The molecule has 0 saturated carbocycles. The van der Waals surface area contributed by atoms with Crippen molar-refractivity contribution in [2.75, 3.05) is 23.8 Å². The number of rotatable bonds is 7. The van der Waals surface area contributed by atoms with E-state index in [4.69, 9.17) is 10.8 Å². The van der Waals surface area contributed by atoms with Crippen molar-refractivity contribution in [1.82, 2.24) is 4.72 Å². The minimum absolute atomic E-state index is 0.00127. The summed E-state index contributed by atoms with van der Waals surface area (Å²) in [5.74, 6) is 0.419. The molecule has 0 bridgehead atoms. The van der Waals surface area contributed by atoms with Crippen LogP contribution >= 0.6 is 11.8 Å². The smallest absolute Gasteiger partial charge is 0.212 e. The second-order valence-electron chi connectivity index (χ2n) is 3.90. The molecule has 0 radical (unpaired) electrons. The molecule has 7 heteroatoms. The van der Waals surface area contributed by atoms with Crippen molar-refractivity contribution in [3.63, 3.8) is 0 Å². The van der Waals surface area contributed by atoms with Crippen LogP contribution < -0.4 is 10.5 Å². The first kappa shape index (κ1) is 15.3. The average Bonchev–Trinajstić information content (AvgIpc) is 2.29. The summed E-state index contributed by atoms with van der Waals surface area (Å²) in [6, 6.07) is 7.33. The number of nitrogens with one attached hydrogen (secondary N) is 1. The van der Waals surface area contributed by atoms with E-state index in [2.05, 4.69) is 4.72 Å². The van der Waals surface area contributed by atoms with Crippen LogP contribution in [0.5, 0.6) is 0 Å². The van der Waals surface area contributed by atoms with Gasteiger partial charge in [0.15, 0.2) is 0 Å². The van der Waals surface area contributed by atoms with E-state index in [9.17, 15) is 8.42 Å². The number of hydrogen-bond donors (Lipinski definition) is 3. The molecule has 18 heavy (non-hydrogen) atoms. The van der Waals surface area contributed by atoms with E-state index >= 15 is 0 Å². The van der Waals surface area contributed by atoms with Crippen LogP contribution in [0.1, 0.15) is 6.92 Å². The lowest BCUT2D eigenvalue weighted by Gasteiger charge is -2.08. The van der Waals surface area contributed by atoms with Gasteiger partial charge in [-0.2, -0.15) is 0 Å². The summed E-state index contributed by atoms with van der Waals surface area (Å²) >= 11 is 1.40. The van der Waals surface area contributed by atoms with Gasteiger partial charge in [-0.25, -0.2) is 13.1 Å². The zero-order valence-corrected chi connectivity index (χ0v) is 11.8.